The number of benzene rings is 1. The molecule has 1 aliphatic heterocycles. The van der Waals surface area contributed by atoms with Crippen LogP contribution in [-0.4, -0.2) is 59.7 Å². The minimum atomic E-state index is -0.283. The first-order chi connectivity index (χ1) is 16.0. The van der Waals surface area contributed by atoms with Gasteiger partial charge in [-0.2, -0.15) is 0 Å². The van der Waals surface area contributed by atoms with Crippen LogP contribution in [0.5, 0.6) is 11.5 Å². The Labute approximate surface area is 193 Å². The number of carbonyl (C=O) groups excluding carboxylic acids is 1. The zero-order chi connectivity index (χ0) is 23.4. The molecule has 2 aromatic heterocycles. The average Bonchev–Trinajstić information content (AvgIpc) is 2.84. The van der Waals surface area contributed by atoms with Crippen LogP contribution in [0.3, 0.4) is 0 Å². The standard InChI is InChI=1S/C25H28N4O4/c1-16-21(14-26-17(2)28-16)25(30)29-9-10-33-24(15-29)22-7-5-18(13-27-22)11-19-12-20(31-3)6-8-23(19)32-4/h5-8,12-14,24H,9-11,15H2,1-4H3/t24-/m0/s1. The molecule has 0 radical (unpaired) electrons. The molecular weight excluding hydrogens is 420 g/mol. The van der Waals surface area contributed by atoms with Gasteiger partial charge in [-0.1, -0.05) is 6.07 Å². The first-order valence-electron chi connectivity index (χ1n) is 10.9. The summed E-state index contributed by atoms with van der Waals surface area (Å²) in [4.78, 5) is 27.9. The maximum atomic E-state index is 13.0. The fraction of sp³-hybridized carbons (Fsp3) is 0.360. The second-order valence-electron chi connectivity index (χ2n) is 7.97. The lowest BCUT2D eigenvalue weighted by Crippen LogP contribution is -2.42. The van der Waals surface area contributed by atoms with Gasteiger partial charge in [-0.15, -0.1) is 0 Å². The molecule has 4 rings (SSSR count). The van der Waals surface area contributed by atoms with Crippen LogP contribution in [0.15, 0.2) is 42.7 Å². The lowest BCUT2D eigenvalue weighted by molar-refractivity contribution is -0.0248. The van der Waals surface area contributed by atoms with E-state index >= 15 is 0 Å². The van der Waals surface area contributed by atoms with Crippen molar-refractivity contribution in [2.45, 2.75) is 26.4 Å². The number of pyridine rings is 1. The van der Waals surface area contributed by atoms with E-state index in [0.717, 1.165) is 28.3 Å². The second-order valence-corrected chi connectivity index (χ2v) is 7.97. The van der Waals surface area contributed by atoms with Gasteiger partial charge in [0.1, 0.15) is 23.4 Å². The van der Waals surface area contributed by atoms with E-state index < -0.39 is 0 Å². The van der Waals surface area contributed by atoms with Crippen molar-refractivity contribution >= 4 is 5.91 Å². The van der Waals surface area contributed by atoms with Crippen LogP contribution in [-0.2, 0) is 11.2 Å². The third kappa shape index (κ3) is 5.12. The van der Waals surface area contributed by atoms with Gasteiger partial charge >= 0.3 is 0 Å². The molecule has 0 unspecified atom stereocenters. The summed E-state index contributed by atoms with van der Waals surface area (Å²) in [7, 11) is 3.30. The van der Waals surface area contributed by atoms with E-state index in [1.807, 2.05) is 50.4 Å². The maximum Gasteiger partial charge on any atom is 0.257 e. The highest BCUT2D eigenvalue weighted by Gasteiger charge is 2.28. The van der Waals surface area contributed by atoms with E-state index in [-0.39, 0.29) is 12.0 Å². The zero-order valence-electron chi connectivity index (χ0n) is 19.4. The molecule has 0 spiro atoms. The van der Waals surface area contributed by atoms with Gasteiger partial charge in [-0.25, -0.2) is 9.97 Å². The van der Waals surface area contributed by atoms with E-state index in [0.29, 0.717) is 43.2 Å². The Kier molecular flexibility index (Phi) is 6.84. The summed E-state index contributed by atoms with van der Waals surface area (Å²) in [6.07, 6.45) is 3.83. The van der Waals surface area contributed by atoms with Crippen molar-refractivity contribution < 1.29 is 19.0 Å². The minimum Gasteiger partial charge on any atom is -0.497 e. The summed E-state index contributed by atoms with van der Waals surface area (Å²) in [6.45, 7) is 5.05. The van der Waals surface area contributed by atoms with Gasteiger partial charge in [0.15, 0.2) is 0 Å². The van der Waals surface area contributed by atoms with Crippen LogP contribution in [0.4, 0.5) is 0 Å². The number of amides is 1. The number of hydrogen-bond acceptors (Lipinski definition) is 7. The summed E-state index contributed by atoms with van der Waals surface area (Å²) < 4.78 is 16.7. The quantitative estimate of drug-likeness (QED) is 0.572. The number of aromatic nitrogens is 3. The fourth-order valence-corrected chi connectivity index (χ4v) is 3.95. The van der Waals surface area contributed by atoms with Crippen molar-refractivity contribution in [1.82, 2.24) is 19.9 Å². The molecule has 8 nitrogen and oxygen atoms in total. The Bertz CT molecular complexity index is 1130. The van der Waals surface area contributed by atoms with E-state index in [1.165, 1.54) is 0 Å². The van der Waals surface area contributed by atoms with Gasteiger partial charge < -0.3 is 19.1 Å². The number of aryl methyl sites for hydroxylation is 2. The molecule has 33 heavy (non-hydrogen) atoms. The third-order valence-corrected chi connectivity index (χ3v) is 5.74. The van der Waals surface area contributed by atoms with Gasteiger partial charge in [-0.05, 0) is 43.7 Å². The number of carbonyl (C=O) groups is 1. The molecule has 1 amide bonds. The molecule has 1 aliphatic rings. The highest BCUT2D eigenvalue weighted by Crippen LogP contribution is 2.27. The predicted molar refractivity (Wildman–Crippen MR) is 123 cm³/mol. The lowest BCUT2D eigenvalue weighted by Gasteiger charge is -2.33. The van der Waals surface area contributed by atoms with Gasteiger partial charge in [0.05, 0.1) is 44.3 Å². The lowest BCUT2D eigenvalue weighted by atomic mass is 10.0. The molecule has 0 N–H and O–H groups in total. The molecule has 0 aliphatic carbocycles. The van der Waals surface area contributed by atoms with Crippen LogP contribution in [0.25, 0.3) is 0 Å². The minimum absolute atomic E-state index is 0.0810. The van der Waals surface area contributed by atoms with Crippen LogP contribution in [0.2, 0.25) is 0 Å². The monoisotopic (exact) mass is 448 g/mol. The van der Waals surface area contributed by atoms with Crippen LogP contribution in [0, 0.1) is 13.8 Å². The molecule has 172 valence electrons. The average molecular weight is 449 g/mol. The number of methoxy groups -OCH3 is 2. The number of hydrogen-bond donors (Lipinski definition) is 0. The fourth-order valence-electron chi connectivity index (χ4n) is 3.95. The molecule has 0 bridgehead atoms. The van der Waals surface area contributed by atoms with Crippen molar-refractivity contribution in [3.8, 4) is 11.5 Å². The van der Waals surface area contributed by atoms with Gasteiger partial charge in [-0.3, -0.25) is 9.78 Å². The first-order valence-corrected chi connectivity index (χ1v) is 10.9. The highest BCUT2D eigenvalue weighted by molar-refractivity contribution is 5.95. The predicted octanol–water partition coefficient (Wildman–Crippen LogP) is 3.31. The Hall–Kier alpha value is -3.52. The second kappa shape index (κ2) is 9.95. The molecule has 1 saturated heterocycles. The Morgan fingerprint density at radius 1 is 1.12 bits per heavy atom. The first kappa shape index (κ1) is 22.7. The molecule has 3 aromatic rings. The molecule has 1 aromatic carbocycles. The van der Waals surface area contributed by atoms with Crippen molar-refractivity contribution in [3.05, 3.63) is 76.6 Å². The van der Waals surface area contributed by atoms with Gasteiger partial charge in [0.2, 0.25) is 0 Å². The van der Waals surface area contributed by atoms with Crippen LogP contribution >= 0.6 is 0 Å². The summed E-state index contributed by atoms with van der Waals surface area (Å²) in [5.74, 6) is 2.16. The largest absolute Gasteiger partial charge is 0.497 e. The summed E-state index contributed by atoms with van der Waals surface area (Å²) >= 11 is 0. The van der Waals surface area contributed by atoms with Crippen LogP contribution < -0.4 is 9.47 Å². The molecule has 0 saturated carbocycles. The number of nitrogens with zero attached hydrogens (tertiary/aromatic N) is 4. The van der Waals surface area contributed by atoms with Gasteiger partial charge in [0, 0.05) is 30.9 Å². The summed E-state index contributed by atoms with van der Waals surface area (Å²) in [5, 5.41) is 0. The summed E-state index contributed by atoms with van der Waals surface area (Å²) in [6, 6.07) is 9.74. The zero-order valence-corrected chi connectivity index (χ0v) is 19.4. The molecule has 8 heteroatoms. The highest BCUT2D eigenvalue weighted by atomic mass is 16.5. The van der Waals surface area contributed by atoms with Crippen LogP contribution in [0.1, 0.15) is 44.8 Å². The van der Waals surface area contributed by atoms with Gasteiger partial charge in [0.25, 0.3) is 5.91 Å². The molecule has 1 atom stereocenters. The van der Waals surface area contributed by atoms with E-state index in [2.05, 4.69) is 15.0 Å². The third-order valence-electron chi connectivity index (χ3n) is 5.74. The summed E-state index contributed by atoms with van der Waals surface area (Å²) in [5.41, 5.74) is 4.07. The topological polar surface area (TPSA) is 86.7 Å². The number of ether oxygens (including phenoxy) is 3. The number of rotatable bonds is 6. The maximum absolute atomic E-state index is 13.0. The Balaban J connectivity index is 1.46. The van der Waals surface area contributed by atoms with Crippen molar-refractivity contribution in [1.29, 1.82) is 0 Å². The Morgan fingerprint density at radius 2 is 1.97 bits per heavy atom. The Morgan fingerprint density at radius 3 is 2.67 bits per heavy atom. The van der Waals surface area contributed by atoms with Crippen molar-refractivity contribution in [2.24, 2.45) is 0 Å². The van der Waals surface area contributed by atoms with E-state index in [9.17, 15) is 4.79 Å². The number of morpholine rings is 1. The smallest absolute Gasteiger partial charge is 0.257 e. The van der Waals surface area contributed by atoms with E-state index in [1.54, 1.807) is 25.3 Å². The van der Waals surface area contributed by atoms with E-state index in [4.69, 9.17) is 14.2 Å². The SMILES string of the molecule is COc1ccc(OC)c(Cc2ccc([C@@H]3CN(C(=O)c4cnc(C)nc4C)CCO3)nc2)c1. The van der Waals surface area contributed by atoms with Crippen molar-refractivity contribution in [3.63, 3.8) is 0 Å². The van der Waals surface area contributed by atoms with Crippen molar-refractivity contribution in [2.75, 3.05) is 33.9 Å². The normalized spacial score (nSPS) is 15.9. The molecule has 3 heterocycles. The molecular formula is C25H28N4O4. The molecule has 1 fully saturated rings.